The summed E-state index contributed by atoms with van der Waals surface area (Å²) >= 11 is 0. The molecule has 0 unspecified atom stereocenters. The fourth-order valence-corrected chi connectivity index (χ4v) is 2.61. The van der Waals surface area contributed by atoms with Gasteiger partial charge in [-0.15, -0.1) is 0 Å². The molecule has 0 aliphatic carbocycles. The first-order valence-corrected chi connectivity index (χ1v) is 7.79. The molecule has 0 atom stereocenters. The number of hydrogen-bond acceptors (Lipinski definition) is 4. The Balaban J connectivity index is 1.56. The Morgan fingerprint density at radius 1 is 1.30 bits per heavy atom. The standard InChI is InChI=1S/C17H21N3O3/c21-16(18-13-17(22)6-8-23-9-7-17)15-10-19-20(12-15)11-14-4-2-1-3-5-14/h1-5,10,12,22H,6-9,11,13H2,(H,18,21). The van der Waals surface area contributed by atoms with Gasteiger partial charge >= 0.3 is 0 Å². The largest absolute Gasteiger partial charge is 0.388 e. The lowest BCUT2D eigenvalue weighted by Crippen LogP contribution is -2.46. The van der Waals surface area contributed by atoms with E-state index >= 15 is 0 Å². The average Bonchev–Trinajstić information content (AvgIpc) is 3.03. The lowest BCUT2D eigenvalue weighted by atomic mass is 9.94. The van der Waals surface area contributed by atoms with Crippen LogP contribution in [-0.2, 0) is 11.3 Å². The third-order valence-corrected chi connectivity index (χ3v) is 4.08. The number of nitrogens with zero attached hydrogens (tertiary/aromatic N) is 2. The molecule has 1 aromatic carbocycles. The average molecular weight is 315 g/mol. The van der Waals surface area contributed by atoms with Gasteiger partial charge in [-0.2, -0.15) is 5.10 Å². The van der Waals surface area contributed by atoms with E-state index in [9.17, 15) is 9.90 Å². The number of aliphatic hydroxyl groups is 1. The number of amides is 1. The van der Waals surface area contributed by atoms with Crippen molar-refractivity contribution in [1.29, 1.82) is 0 Å². The van der Waals surface area contributed by atoms with Crippen LogP contribution in [0, 0.1) is 0 Å². The van der Waals surface area contributed by atoms with Crippen molar-refractivity contribution in [3.8, 4) is 0 Å². The predicted molar refractivity (Wildman–Crippen MR) is 85.1 cm³/mol. The number of ether oxygens (including phenoxy) is 1. The minimum Gasteiger partial charge on any atom is -0.388 e. The van der Waals surface area contributed by atoms with E-state index < -0.39 is 5.60 Å². The predicted octanol–water partition coefficient (Wildman–Crippen LogP) is 1.20. The van der Waals surface area contributed by atoms with Gasteiger partial charge in [0.2, 0.25) is 0 Å². The molecule has 0 radical (unpaired) electrons. The Morgan fingerprint density at radius 3 is 2.78 bits per heavy atom. The van der Waals surface area contributed by atoms with E-state index in [0.717, 1.165) is 5.56 Å². The van der Waals surface area contributed by atoms with E-state index in [-0.39, 0.29) is 12.5 Å². The van der Waals surface area contributed by atoms with Gasteiger partial charge in [-0.05, 0) is 5.56 Å². The first-order chi connectivity index (χ1) is 11.1. The summed E-state index contributed by atoms with van der Waals surface area (Å²) in [5.41, 5.74) is 0.754. The number of carbonyl (C=O) groups is 1. The summed E-state index contributed by atoms with van der Waals surface area (Å²) in [5.74, 6) is -0.218. The number of benzene rings is 1. The van der Waals surface area contributed by atoms with Gasteiger partial charge in [0, 0.05) is 38.8 Å². The summed E-state index contributed by atoms with van der Waals surface area (Å²) in [4.78, 5) is 12.2. The number of aromatic nitrogens is 2. The van der Waals surface area contributed by atoms with Gasteiger partial charge in [-0.25, -0.2) is 0 Å². The number of rotatable bonds is 5. The molecule has 1 aromatic heterocycles. The fraction of sp³-hybridized carbons (Fsp3) is 0.412. The van der Waals surface area contributed by atoms with Gasteiger partial charge in [0.25, 0.3) is 5.91 Å². The maximum atomic E-state index is 12.2. The van der Waals surface area contributed by atoms with Crippen molar-refractivity contribution in [3.63, 3.8) is 0 Å². The Hall–Kier alpha value is -2.18. The molecule has 6 nitrogen and oxygen atoms in total. The number of hydrogen-bond donors (Lipinski definition) is 2. The zero-order valence-electron chi connectivity index (χ0n) is 12.9. The summed E-state index contributed by atoms with van der Waals surface area (Å²) < 4.78 is 6.96. The van der Waals surface area contributed by atoms with Crippen LogP contribution in [0.2, 0.25) is 0 Å². The molecule has 0 bridgehead atoms. The van der Waals surface area contributed by atoms with Crippen LogP contribution in [0.1, 0.15) is 28.8 Å². The maximum Gasteiger partial charge on any atom is 0.254 e. The summed E-state index contributed by atoms with van der Waals surface area (Å²) in [5, 5.41) is 17.4. The zero-order chi connectivity index (χ0) is 16.1. The van der Waals surface area contributed by atoms with Gasteiger partial charge in [-0.1, -0.05) is 30.3 Å². The molecular weight excluding hydrogens is 294 g/mol. The first-order valence-electron chi connectivity index (χ1n) is 7.79. The molecule has 1 saturated heterocycles. The lowest BCUT2D eigenvalue weighted by Gasteiger charge is -2.31. The molecular formula is C17H21N3O3. The third kappa shape index (κ3) is 4.18. The molecule has 1 aliphatic rings. The van der Waals surface area contributed by atoms with Crippen molar-refractivity contribution in [2.45, 2.75) is 25.0 Å². The Bertz CT molecular complexity index is 648. The second-order valence-corrected chi connectivity index (χ2v) is 5.93. The Kier molecular flexibility index (Phi) is 4.73. The second kappa shape index (κ2) is 6.93. The highest BCUT2D eigenvalue weighted by Crippen LogP contribution is 2.19. The van der Waals surface area contributed by atoms with Crippen molar-refractivity contribution in [2.75, 3.05) is 19.8 Å². The van der Waals surface area contributed by atoms with E-state index in [4.69, 9.17) is 4.74 Å². The minimum absolute atomic E-state index is 0.218. The van der Waals surface area contributed by atoms with Crippen LogP contribution in [0.15, 0.2) is 42.7 Å². The normalized spacial score (nSPS) is 16.9. The zero-order valence-corrected chi connectivity index (χ0v) is 12.9. The third-order valence-electron chi connectivity index (χ3n) is 4.08. The summed E-state index contributed by atoms with van der Waals surface area (Å²) in [7, 11) is 0. The van der Waals surface area contributed by atoms with Gasteiger partial charge in [-0.3, -0.25) is 9.48 Å². The van der Waals surface area contributed by atoms with Gasteiger partial charge in [0.15, 0.2) is 0 Å². The SMILES string of the molecule is O=C(NCC1(O)CCOCC1)c1cnn(Cc2ccccc2)c1. The van der Waals surface area contributed by atoms with Crippen LogP contribution in [0.25, 0.3) is 0 Å². The molecule has 0 saturated carbocycles. The lowest BCUT2D eigenvalue weighted by molar-refractivity contribution is -0.0605. The topological polar surface area (TPSA) is 76.4 Å². The van der Waals surface area contributed by atoms with Crippen LogP contribution in [0.5, 0.6) is 0 Å². The molecule has 122 valence electrons. The van der Waals surface area contributed by atoms with E-state index in [2.05, 4.69) is 10.4 Å². The fourth-order valence-electron chi connectivity index (χ4n) is 2.61. The number of nitrogens with one attached hydrogen (secondary N) is 1. The molecule has 0 spiro atoms. The molecule has 3 rings (SSSR count). The monoisotopic (exact) mass is 315 g/mol. The Labute approximate surface area is 135 Å². The van der Waals surface area contributed by atoms with Crippen molar-refractivity contribution in [3.05, 3.63) is 53.9 Å². The van der Waals surface area contributed by atoms with Gasteiger partial charge in [0.1, 0.15) is 0 Å². The van der Waals surface area contributed by atoms with E-state index in [1.807, 2.05) is 30.3 Å². The summed E-state index contributed by atoms with van der Waals surface area (Å²) in [6, 6.07) is 9.94. The van der Waals surface area contributed by atoms with E-state index in [0.29, 0.717) is 38.2 Å². The molecule has 1 fully saturated rings. The highest BCUT2D eigenvalue weighted by atomic mass is 16.5. The van der Waals surface area contributed by atoms with Crippen molar-refractivity contribution in [2.24, 2.45) is 0 Å². The summed E-state index contributed by atoms with van der Waals surface area (Å²) in [6.45, 7) is 1.91. The van der Waals surface area contributed by atoms with Crippen LogP contribution < -0.4 is 5.32 Å². The molecule has 2 N–H and O–H groups in total. The van der Waals surface area contributed by atoms with Crippen LogP contribution in [-0.4, -0.2) is 46.2 Å². The molecule has 2 heterocycles. The second-order valence-electron chi connectivity index (χ2n) is 5.93. The summed E-state index contributed by atoms with van der Waals surface area (Å²) in [6.07, 6.45) is 4.35. The van der Waals surface area contributed by atoms with Gasteiger partial charge in [0.05, 0.1) is 23.9 Å². The molecule has 6 heteroatoms. The van der Waals surface area contributed by atoms with E-state index in [1.54, 1.807) is 17.1 Å². The minimum atomic E-state index is -0.867. The number of carbonyl (C=O) groups excluding carboxylic acids is 1. The van der Waals surface area contributed by atoms with Crippen molar-refractivity contribution < 1.29 is 14.6 Å². The first kappa shape index (κ1) is 15.7. The van der Waals surface area contributed by atoms with Crippen molar-refractivity contribution in [1.82, 2.24) is 15.1 Å². The highest BCUT2D eigenvalue weighted by molar-refractivity contribution is 5.93. The van der Waals surface area contributed by atoms with E-state index in [1.165, 1.54) is 0 Å². The maximum absolute atomic E-state index is 12.2. The van der Waals surface area contributed by atoms with Crippen LogP contribution in [0.3, 0.4) is 0 Å². The molecule has 1 amide bonds. The molecule has 1 aliphatic heterocycles. The van der Waals surface area contributed by atoms with Gasteiger partial charge < -0.3 is 15.2 Å². The smallest absolute Gasteiger partial charge is 0.254 e. The quantitative estimate of drug-likeness (QED) is 0.869. The highest BCUT2D eigenvalue weighted by Gasteiger charge is 2.30. The van der Waals surface area contributed by atoms with Crippen LogP contribution >= 0.6 is 0 Å². The molecule has 23 heavy (non-hydrogen) atoms. The van der Waals surface area contributed by atoms with Crippen LogP contribution in [0.4, 0.5) is 0 Å². The van der Waals surface area contributed by atoms with Crippen molar-refractivity contribution >= 4 is 5.91 Å². The Morgan fingerprint density at radius 2 is 2.04 bits per heavy atom. The molecule has 2 aromatic rings.